The minimum absolute atomic E-state index is 0.236. The number of anilines is 2. The van der Waals surface area contributed by atoms with Gasteiger partial charge in [-0.3, -0.25) is 4.79 Å². The highest BCUT2D eigenvalue weighted by atomic mass is 16.5. The number of allylic oxidation sites excluding steroid dienone is 1. The van der Waals surface area contributed by atoms with Gasteiger partial charge in [0.05, 0.1) is 12.2 Å². The van der Waals surface area contributed by atoms with Crippen LogP contribution in [0, 0.1) is 0 Å². The maximum Gasteiger partial charge on any atom is 0.254 e. The zero-order chi connectivity index (χ0) is 18.5. The Kier molecular flexibility index (Phi) is 6.05. The van der Waals surface area contributed by atoms with Crippen LogP contribution in [-0.2, 0) is 4.74 Å². The number of hydrogen-bond acceptors (Lipinski definition) is 7. The van der Waals surface area contributed by atoms with Gasteiger partial charge in [-0.25, -0.2) is 4.98 Å². The minimum atomic E-state index is -0.586. The number of amides is 1. The Bertz CT molecular complexity index is 671. The largest absolute Gasteiger partial charge is 0.393 e. The standard InChI is InChI=1S/C18H27N5O3/c1-26-14-7-5-11(6-8-14)22-18-20-10-15(16(19)25)17(23-18)21-12-3-2-4-13(24)9-12/h3,10-11,13-14,24H,2,4-9H2,1H3,(H2,19,25)(H2,20,21,22,23)/t11-,13-,14-/m0/s1. The molecule has 26 heavy (non-hydrogen) atoms. The van der Waals surface area contributed by atoms with Crippen molar-refractivity contribution in [1.29, 1.82) is 0 Å². The molecule has 1 fully saturated rings. The summed E-state index contributed by atoms with van der Waals surface area (Å²) in [6.07, 6.45) is 9.42. The highest BCUT2D eigenvalue weighted by Crippen LogP contribution is 2.25. The normalized spacial score (nSPS) is 26.1. The summed E-state index contributed by atoms with van der Waals surface area (Å²) in [6, 6.07) is 0.282. The van der Waals surface area contributed by atoms with E-state index in [1.165, 1.54) is 6.20 Å². The Morgan fingerprint density at radius 2 is 2.08 bits per heavy atom. The molecule has 5 N–H and O–H groups in total. The van der Waals surface area contributed by atoms with Crippen molar-refractivity contribution in [2.75, 3.05) is 17.7 Å². The minimum Gasteiger partial charge on any atom is -0.393 e. The SMILES string of the molecule is CO[C@H]1CC[C@H](Nc2ncc(C(N)=O)c(NC3=CCC[C@H](O)C3)n2)CC1. The summed E-state index contributed by atoms with van der Waals surface area (Å²) in [5.74, 6) is 0.257. The molecule has 1 aromatic heterocycles. The fourth-order valence-corrected chi connectivity index (χ4v) is 3.50. The molecule has 2 aliphatic rings. The molecular formula is C18H27N5O3. The smallest absolute Gasteiger partial charge is 0.254 e. The molecular weight excluding hydrogens is 334 g/mol. The summed E-state index contributed by atoms with van der Waals surface area (Å²) < 4.78 is 5.40. The molecule has 8 nitrogen and oxygen atoms in total. The van der Waals surface area contributed by atoms with Crippen molar-refractivity contribution in [2.45, 2.75) is 63.2 Å². The second-order valence-electron chi connectivity index (χ2n) is 6.96. The van der Waals surface area contributed by atoms with Crippen LogP contribution in [0.2, 0.25) is 0 Å². The van der Waals surface area contributed by atoms with Crippen LogP contribution in [0.1, 0.15) is 55.3 Å². The maximum absolute atomic E-state index is 11.7. The molecule has 3 rings (SSSR count). The van der Waals surface area contributed by atoms with Crippen molar-refractivity contribution in [2.24, 2.45) is 5.73 Å². The van der Waals surface area contributed by atoms with Crippen molar-refractivity contribution < 1.29 is 14.6 Å². The van der Waals surface area contributed by atoms with Crippen LogP contribution in [0.3, 0.4) is 0 Å². The predicted octanol–water partition coefficient (Wildman–Crippen LogP) is 1.79. The molecule has 1 aromatic rings. The number of rotatable bonds is 6. The molecule has 0 radical (unpaired) electrons. The molecule has 1 saturated carbocycles. The number of ether oxygens (including phenoxy) is 1. The lowest BCUT2D eigenvalue weighted by atomic mass is 9.93. The number of aromatic nitrogens is 2. The van der Waals surface area contributed by atoms with Crippen LogP contribution >= 0.6 is 0 Å². The molecule has 0 spiro atoms. The van der Waals surface area contributed by atoms with E-state index in [1.54, 1.807) is 7.11 Å². The van der Waals surface area contributed by atoms with E-state index in [9.17, 15) is 9.90 Å². The summed E-state index contributed by atoms with van der Waals surface area (Å²) in [4.78, 5) is 20.4. The third-order valence-corrected chi connectivity index (χ3v) is 5.02. The summed E-state index contributed by atoms with van der Waals surface area (Å²) in [7, 11) is 1.75. The van der Waals surface area contributed by atoms with Gasteiger partial charge in [-0.15, -0.1) is 0 Å². The number of aliphatic hydroxyl groups is 1. The molecule has 1 amide bonds. The summed E-state index contributed by atoms with van der Waals surface area (Å²) in [5.41, 5.74) is 6.53. The van der Waals surface area contributed by atoms with Crippen molar-refractivity contribution in [3.05, 3.63) is 23.5 Å². The van der Waals surface area contributed by atoms with E-state index in [2.05, 4.69) is 20.6 Å². The lowest BCUT2D eigenvalue weighted by molar-refractivity contribution is 0.0681. The number of methoxy groups -OCH3 is 1. The topological polar surface area (TPSA) is 122 Å². The van der Waals surface area contributed by atoms with Gasteiger partial charge in [0.1, 0.15) is 11.4 Å². The van der Waals surface area contributed by atoms with Crippen molar-refractivity contribution in [3.8, 4) is 0 Å². The first kappa shape index (κ1) is 18.6. The fraction of sp³-hybridized carbons (Fsp3) is 0.611. The second-order valence-corrected chi connectivity index (χ2v) is 6.96. The van der Waals surface area contributed by atoms with Gasteiger partial charge in [-0.2, -0.15) is 4.98 Å². The third kappa shape index (κ3) is 4.70. The van der Waals surface area contributed by atoms with Crippen LogP contribution in [0.5, 0.6) is 0 Å². The van der Waals surface area contributed by atoms with Gasteiger partial charge < -0.3 is 26.2 Å². The van der Waals surface area contributed by atoms with E-state index in [4.69, 9.17) is 10.5 Å². The fourth-order valence-electron chi connectivity index (χ4n) is 3.50. The van der Waals surface area contributed by atoms with Gasteiger partial charge in [0.25, 0.3) is 5.91 Å². The zero-order valence-electron chi connectivity index (χ0n) is 15.1. The lowest BCUT2D eigenvalue weighted by Gasteiger charge is -2.28. The second kappa shape index (κ2) is 8.46. The van der Waals surface area contributed by atoms with Gasteiger partial charge >= 0.3 is 0 Å². The Morgan fingerprint density at radius 1 is 1.31 bits per heavy atom. The number of carbonyl (C=O) groups excluding carboxylic acids is 1. The molecule has 8 heteroatoms. The molecule has 0 aliphatic heterocycles. The summed E-state index contributed by atoms with van der Waals surface area (Å²) in [6.45, 7) is 0. The van der Waals surface area contributed by atoms with E-state index in [1.807, 2.05) is 6.08 Å². The van der Waals surface area contributed by atoms with E-state index >= 15 is 0 Å². The van der Waals surface area contributed by atoms with Crippen LogP contribution in [-0.4, -0.2) is 46.3 Å². The van der Waals surface area contributed by atoms with Crippen LogP contribution in [0.4, 0.5) is 11.8 Å². The zero-order valence-corrected chi connectivity index (χ0v) is 15.1. The van der Waals surface area contributed by atoms with E-state index in [-0.39, 0.29) is 17.7 Å². The Hall–Kier alpha value is -2.19. The first-order valence-corrected chi connectivity index (χ1v) is 9.15. The third-order valence-electron chi connectivity index (χ3n) is 5.02. The number of aliphatic hydroxyl groups excluding tert-OH is 1. The van der Waals surface area contributed by atoms with Crippen molar-refractivity contribution >= 4 is 17.7 Å². The molecule has 1 heterocycles. The number of primary amides is 1. The average molecular weight is 361 g/mol. The average Bonchev–Trinajstić information content (AvgIpc) is 2.62. The molecule has 142 valence electrons. The highest BCUT2D eigenvalue weighted by molar-refractivity contribution is 5.97. The van der Waals surface area contributed by atoms with Crippen LogP contribution < -0.4 is 16.4 Å². The quantitative estimate of drug-likeness (QED) is 0.609. The van der Waals surface area contributed by atoms with Crippen molar-refractivity contribution in [1.82, 2.24) is 9.97 Å². The monoisotopic (exact) mass is 361 g/mol. The molecule has 0 bridgehead atoms. The Labute approximate surface area is 153 Å². The number of nitrogens with two attached hydrogens (primary N) is 1. The van der Waals surface area contributed by atoms with Gasteiger partial charge in [-0.05, 0) is 38.5 Å². The molecule has 1 atom stereocenters. The van der Waals surface area contributed by atoms with E-state index < -0.39 is 5.91 Å². The molecule has 0 saturated heterocycles. The van der Waals surface area contributed by atoms with Crippen LogP contribution in [0.25, 0.3) is 0 Å². The number of nitrogens with one attached hydrogen (secondary N) is 2. The molecule has 2 aliphatic carbocycles. The van der Waals surface area contributed by atoms with E-state index in [0.29, 0.717) is 24.3 Å². The Balaban J connectivity index is 1.72. The lowest BCUT2D eigenvalue weighted by Crippen LogP contribution is -2.30. The van der Waals surface area contributed by atoms with E-state index in [0.717, 1.165) is 44.2 Å². The Morgan fingerprint density at radius 3 is 2.73 bits per heavy atom. The van der Waals surface area contributed by atoms with Gasteiger partial charge in [0.15, 0.2) is 0 Å². The number of nitrogens with zero attached hydrogens (tertiary/aromatic N) is 2. The summed E-state index contributed by atoms with van der Waals surface area (Å²) >= 11 is 0. The maximum atomic E-state index is 11.7. The molecule has 0 aromatic carbocycles. The van der Waals surface area contributed by atoms with Gasteiger partial charge in [0, 0.05) is 31.5 Å². The van der Waals surface area contributed by atoms with Gasteiger partial charge in [-0.1, -0.05) is 6.08 Å². The first-order valence-electron chi connectivity index (χ1n) is 9.15. The van der Waals surface area contributed by atoms with Crippen LogP contribution in [0.15, 0.2) is 18.0 Å². The van der Waals surface area contributed by atoms with Crippen molar-refractivity contribution in [3.63, 3.8) is 0 Å². The number of carbonyl (C=O) groups is 1. The summed E-state index contributed by atoms with van der Waals surface area (Å²) in [5, 5.41) is 16.3. The number of hydrogen-bond donors (Lipinski definition) is 4. The predicted molar refractivity (Wildman–Crippen MR) is 98.8 cm³/mol. The first-order chi connectivity index (χ1) is 12.5. The van der Waals surface area contributed by atoms with Gasteiger partial charge in [0.2, 0.25) is 5.95 Å². The molecule has 0 unspecified atom stereocenters. The highest BCUT2D eigenvalue weighted by Gasteiger charge is 2.22.